The molecule has 5 rings (SSSR count). The summed E-state index contributed by atoms with van der Waals surface area (Å²) in [6.07, 6.45) is -5.14. The smallest absolute Gasteiger partial charge is 0.417 e. The topological polar surface area (TPSA) is 52.6 Å². The first-order valence-electron chi connectivity index (χ1n) is 11.4. The first-order chi connectivity index (χ1) is 19.0. The normalized spacial score (nSPS) is 11.6. The molecule has 0 atom stereocenters. The molecule has 0 aliphatic heterocycles. The van der Waals surface area contributed by atoms with Crippen LogP contribution in [0.4, 0.5) is 30.7 Å². The minimum atomic E-state index is -5.14. The largest absolute Gasteiger partial charge is 0.422 e. The maximum Gasteiger partial charge on any atom is 0.417 e. The molecule has 0 fully saturated rings. The fourth-order valence-electron chi connectivity index (χ4n) is 4.25. The number of carbonyl (C=O) groups is 2. The number of rotatable bonds is 4. The Morgan fingerprint density at radius 1 is 0.575 bits per heavy atom. The van der Waals surface area contributed by atoms with E-state index in [1.807, 2.05) is 0 Å². The third kappa shape index (κ3) is 4.70. The van der Waals surface area contributed by atoms with Crippen molar-refractivity contribution in [3.05, 3.63) is 119 Å². The van der Waals surface area contributed by atoms with E-state index in [1.165, 1.54) is 30.3 Å². The van der Waals surface area contributed by atoms with Crippen LogP contribution in [0.25, 0.3) is 21.5 Å². The molecule has 0 aromatic heterocycles. The number of alkyl halides is 3. The SMILES string of the molecule is O=C(Oc1cccc2cc3cccc(OC(=O)c4cccc(F)c4F)c3c(C(F)(F)F)c12)c1cccc(F)c1F. The van der Waals surface area contributed by atoms with Crippen molar-refractivity contribution in [2.24, 2.45) is 0 Å². The molecule has 0 spiro atoms. The van der Waals surface area contributed by atoms with Crippen LogP contribution in [0, 0.1) is 23.3 Å². The van der Waals surface area contributed by atoms with Crippen LogP contribution in [-0.4, -0.2) is 11.9 Å². The van der Waals surface area contributed by atoms with E-state index in [2.05, 4.69) is 0 Å². The van der Waals surface area contributed by atoms with Gasteiger partial charge in [0.25, 0.3) is 0 Å². The molecule has 11 heteroatoms. The molecule has 0 aliphatic rings. The summed E-state index contributed by atoms with van der Waals surface area (Å²) in [7, 11) is 0. The van der Waals surface area contributed by atoms with E-state index in [4.69, 9.17) is 9.47 Å². The Kier molecular flexibility index (Phi) is 6.66. The zero-order valence-electron chi connectivity index (χ0n) is 19.8. The summed E-state index contributed by atoms with van der Waals surface area (Å²) in [5, 5.41) is -1.39. The molecule has 0 unspecified atom stereocenters. The highest BCUT2D eigenvalue weighted by Gasteiger charge is 2.38. The lowest BCUT2D eigenvalue weighted by Crippen LogP contribution is -2.15. The van der Waals surface area contributed by atoms with Crippen LogP contribution in [0.5, 0.6) is 11.5 Å². The van der Waals surface area contributed by atoms with Gasteiger partial charge in [-0.15, -0.1) is 0 Å². The van der Waals surface area contributed by atoms with E-state index in [0.717, 1.165) is 48.5 Å². The molecule has 0 heterocycles. The Morgan fingerprint density at radius 3 is 1.38 bits per heavy atom. The molecule has 0 saturated heterocycles. The minimum absolute atomic E-state index is 0.0514. The highest BCUT2D eigenvalue weighted by molar-refractivity contribution is 6.09. The van der Waals surface area contributed by atoms with Gasteiger partial charge in [0.2, 0.25) is 0 Å². The van der Waals surface area contributed by atoms with Gasteiger partial charge >= 0.3 is 18.1 Å². The van der Waals surface area contributed by atoms with Gasteiger partial charge in [0.1, 0.15) is 11.5 Å². The Labute approximate surface area is 220 Å². The number of fused-ring (bicyclic) bond motifs is 2. The summed E-state index contributed by atoms with van der Waals surface area (Å²) < 4.78 is 110. The highest BCUT2D eigenvalue weighted by atomic mass is 19.4. The van der Waals surface area contributed by atoms with Gasteiger partial charge in [-0.3, -0.25) is 0 Å². The van der Waals surface area contributed by atoms with Gasteiger partial charge < -0.3 is 9.47 Å². The summed E-state index contributed by atoms with van der Waals surface area (Å²) in [6, 6.07) is 13.8. The lowest BCUT2D eigenvalue weighted by Gasteiger charge is -2.19. The third-order valence-corrected chi connectivity index (χ3v) is 5.96. The third-order valence-electron chi connectivity index (χ3n) is 5.96. The van der Waals surface area contributed by atoms with E-state index >= 15 is 0 Å². The lowest BCUT2D eigenvalue weighted by atomic mass is 9.95. The molecule has 5 aromatic rings. The van der Waals surface area contributed by atoms with Crippen molar-refractivity contribution in [3.8, 4) is 11.5 Å². The van der Waals surface area contributed by atoms with Gasteiger partial charge in [-0.1, -0.05) is 36.4 Å². The van der Waals surface area contributed by atoms with Crippen LogP contribution in [0.1, 0.15) is 26.3 Å². The average Bonchev–Trinajstić information content (AvgIpc) is 2.90. The quantitative estimate of drug-likeness (QED) is 0.0971. The van der Waals surface area contributed by atoms with Gasteiger partial charge in [-0.05, 0) is 53.2 Å². The molecule has 5 aromatic carbocycles. The zero-order chi connectivity index (χ0) is 28.8. The number of esters is 2. The van der Waals surface area contributed by atoms with Crippen molar-refractivity contribution >= 4 is 33.5 Å². The first-order valence-corrected chi connectivity index (χ1v) is 11.4. The summed E-state index contributed by atoms with van der Waals surface area (Å²) in [4.78, 5) is 25.3. The van der Waals surface area contributed by atoms with E-state index in [1.54, 1.807) is 0 Å². The van der Waals surface area contributed by atoms with E-state index in [9.17, 15) is 40.3 Å². The number of carbonyl (C=O) groups excluding carboxylic acids is 2. The zero-order valence-corrected chi connectivity index (χ0v) is 19.8. The van der Waals surface area contributed by atoms with E-state index < -0.39 is 80.3 Å². The molecule has 0 bridgehead atoms. The van der Waals surface area contributed by atoms with Gasteiger partial charge in [-0.2, -0.15) is 13.2 Å². The van der Waals surface area contributed by atoms with Gasteiger partial charge in [0, 0.05) is 10.8 Å². The standard InChI is InChI=1S/C29H13F7O4/c30-18-9-3-7-16(25(18)32)27(37)39-20-11-1-5-14-13-15-6-2-12-21(23(15)24(22(14)20)29(34,35)36)40-28(38)17-8-4-10-19(31)26(17)33/h1-13H. The molecule has 0 aliphatic carbocycles. The predicted molar refractivity (Wildman–Crippen MR) is 129 cm³/mol. The number of hydrogen-bond acceptors (Lipinski definition) is 4. The molecule has 0 saturated carbocycles. The fourth-order valence-corrected chi connectivity index (χ4v) is 4.25. The molecule has 0 radical (unpaired) electrons. The summed E-state index contributed by atoms with van der Waals surface area (Å²) in [5.74, 6) is -10.0. The number of benzene rings is 5. The number of ether oxygens (including phenoxy) is 2. The number of hydrogen-bond donors (Lipinski definition) is 0. The molecule has 40 heavy (non-hydrogen) atoms. The van der Waals surface area contributed by atoms with Crippen LogP contribution < -0.4 is 9.47 Å². The van der Waals surface area contributed by atoms with Crippen LogP contribution in [0.2, 0.25) is 0 Å². The predicted octanol–water partition coefficient (Wildman–Crippen LogP) is 8.01. The van der Waals surface area contributed by atoms with Crippen LogP contribution in [0.3, 0.4) is 0 Å². The van der Waals surface area contributed by atoms with Crippen LogP contribution >= 0.6 is 0 Å². The Morgan fingerprint density at radius 2 is 0.975 bits per heavy atom. The molecule has 0 amide bonds. The van der Waals surface area contributed by atoms with E-state index in [-0.39, 0.29) is 10.8 Å². The monoisotopic (exact) mass is 558 g/mol. The first kappa shape index (κ1) is 26.7. The van der Waals surface area contributed by atoms with Crippen LogP contribution in [-0.2, 0) is 6.18 Å². The van der Waals surface area contributed by atoms with Gasteiger partial charge in [0.05, 0.1) is 16.7 Å². The molecule has 4 nitrogen and oxygen atoms in total. The van der Waals surface area contributed by atoms with Crippen LogP contribution in [0.15, 0.2) is 78.9 Å². The van der Waals surface area contributed by atoms with Crippen molar-refractivity contribution in [1.82, 2.24) is 0 Å². The van der Waals surface area contributed by atoms with Crippen molar-refractivity contribution < 1.29 is 49.8 Å². The summed E-state index contributed by atoms with van der Waals surface area (Å²) in [5.41, 5.74) is -3.08. The summed E-state index contributed by atoms with van der Waals surface area (Å²) >= 11 is 0. The van der Waals surface area contributed by atoms with Crippen molar-refractivity contribution in [2.45, 2.75) is 6.18 Å². The maximum atomic E-state index is 14.7. The van der Waals surface area contributed by atoms with Crippen molar-refractivity contribution in [1.29, 1.82) is 0 Å². The average molecular weight is 558 g/mol. The fraction of sp³-hybridized carbons (Fsp3) is 0.0345. The van der Waals surface area contributed by atoms with Crippen molar-refractivity contribution in [3.63, 3.8) is 0 Å². The Bertz CT molecular complexity index is 1710. The van der Waals surface area contributed by atoms with Crippen molar-refractivity contribution in [2.75, 3.05) is 0 Å². The second-order valence-electron chi connectivity index (χ2n) is 8.44. The molecular formula is C29H13F7O4. The second-order valence-corrected chi connectivity index (χ2v) is 8.44. The lowest BCUT2D eigenvalue weighted by molar-refractivity contribution is -0.135. The van der Waals surface area contributed by atoms with Gasteiger partial charge in [0.15, 0.2) is 23.3 Å². The maximum absolute atomic E-state index is 14.7. The summed E-state index contributed by atoms with van der Waals surface area (Å²) in [6.45, 7) is 0. The van der Waals surface area contributed by atoms with E-state index in [0.29, 0.717) is 0 Å². The Balaban J connectivity index is 1.71. The molecule has 202 valence electrons. The molecule has 0 N–H and O–H groups in total. The molecular weight excluding hydrogens is 545 g/mol. The highest BCUT2D eigenvalue weighted by Crippen LogP contribution is 2.46. The van der Waals surface area contributed by atoms with Gasteiger partial charge in [-0.25, -0.2) is 27.2 Å². The second kappa shape index (κ2) is 9.99. The minimum Gasteiger partial charge on any atom is -0.422 e. The number of halogens is 7. The Hall–Kier alpha value is -4.93.